The van der Waals surface area contributed by atoms with Gasteiger partial charge in [0.15, 0.2) is 5.96 Å². The zero-order valence-electron chi connectivity index (χ0n) is 18.3. The van der Waals surface area contributed by atoms with Gasteiger partial charge in [-0.05, 0) is 44.0 Å². The lowest BCUT2D eigenvalue weighted by Crippen LogP contribution is -2.54. The molecule has 3 N–H and O–H groups in total. The molecule has 2 heterocycles. The van der Waals surface area contributed by atoms with Crippen molar-refractivity contribution in [2.45, 2.75) is 19.8 Å². The van der Waals surface area contributed by atoms with Gasteiger partial charge in [-0.2, -0.15) is 0 Å². The van der Waals surface area contributed by atoms with Crippen molar-refractivity contribution in [2.75, 3.05) is 65.4 Å². The van der Waals surface area contributed by atoms with Crippen LogP contribution in [0.15, 0.2) is 29.3 Å². The summed E-state index contributed by atoms with van der Waals surface area (Å²) >= 11 is 0. The van der Waals surface area contributed by atoms with Crippen LogP contribution in [0.1, 0.15) is 30.1 Å². The Morgan fingerprint density at radius 1 is 0.968 bits per heavy atom. The zero-order chi connectivity index (χ0) is 22.1. The van der Waals surface area contributed by atoms with Gasteiger partial charge in [0.25, 0.3) is 5.91 Å². The molecular weight excluding hydrogens is 396 g/mol. The number of piperazine rings is 1. The Morgan fingerprint density at radius 2 is 1.65 bits per heavy atom. The Hall–Kier alpha value is -2.81. The van der Waals surface area contributed by atoms with Crippen LogP contribution in [-0.4, -0.2) is 103 Å². The highest BCUT2D eigenvalue weighted by Gasteiger charge is 2.24. The number of hydrogen-bond donors (Lipinski definition) is 3. The van der Waals surface area contributed by atoms with Crippen molar-refractivity contribution in [2.24, 2.45) is 4.99 Å². The van der Waals surface area contributed by atoms with Crippen molar-refractivity contribution < 1.29 is 14.7 Å². The number of phenols is 1. The van der Waals surface area contributed by atoms with Gasteiger partial charge in [0.2, 0.25) is 5.91 Å². The summed E-state index contributed by atoms with van der Waals surface area (Å²) in [4.78, 5) is 35.6. The fourth-order valence-corrected chi connectivity index (χ4v) is 3.85. The van der Waals surface area contributed by atoms with Crippen LogP contribution in [-0.2, 0) is 4.79 Å². The molecule has 9 heteroatoms. The second-order valence-corrected chi connectivity index (χ2v) is 7.89. The van der Waals surface area contributed by atoms with Gasteiger partial charge in [-0.25, -0.2) is 0 Å². The van der Waals surface area contributed by atoms with Gasteiger partial charge in [0.1, 0.15) is 5.75 Å². The molecule has 3 rings (SSSR count). The molecular formula is C22H34N6O3. The molecule has 1 aromatic rings. The second kappa shape index (κ2) is 11.5. The Morgan fingerprint density at radius 3 is 2.29 bits per heavy atom. The SMILES string of the molecule is CCNC(=NCCNC(=O)c1ccc(O)cc1)N1CCN(CC(=O)N2CCCC2)CC1. The maximum atomic E-state index is 12.4. The van der Waals surface area contributed by atoms with Crippen molar-refractivity contribution in [3.05, 3.63) is 29.8 Å². The van der Waals surface area contributed by atoms with E-state index in [4.69, 9.17) is 0 Å². The normalized spacial score (nSPS) is 17.6. The average Bonchev–Trinajstić information content (AvgIpc) is 3.32. The van der Waals surface area contributed by atoms with Crippen molar-refractivity contribution in [1.29, 1.82) is 0 Å². The highest BCUT2D eigenvalue weighted by atomic mass is 16.3. The smallest absolute Gasteiger partial charge is 0.251 e. The third kappa shape index (κ3) is 6.85. The minimum atomic E-state index is -0.184. The summed E-state index contributed by atoms with van der Waals surface area (Å²) in [6, 6.07) is 6.17. The molecule has 0 aromatic heterocycles. The van der Waals surface area contributed by atoms with Gasteiger partial charge in [-0.3, -0.25) is 19.5 Å². The van der Waals surface area contributed by atoms with E-state index >= 15 is 0 Å². The van der Waals surface area contributed by atoms with E-state index in [0.29, 0.717) is 25.2 Å². The van der Waals surface area contributed by atoms with Crippen LogP contribution in [0, 0.1) is 0 Å². The molecule has 2 aliphatic rings. The fourth-order valence-electron chi connectivity index (χ4n) is 3.85. The van der Waals surface area contributed by atoms with Crippen LogP contribution >= 0.6 is 0 Å². The molecule has 0 unspecified atom stereocenters. The molecule has 0 aliphatic carbocycles. The van der Waals surface area contributed by atoms with E-state index in [0.717, 1.165) is 64.6 Å². The molecule has 2 saturated heterocycles. The number of carbonyl (C=O) groups is 2. The minimum Gasteiger partial charge on any atom is -0.508 e. The molecule has 31 heavy (non-hydrogen) atoms. The van der Waals surface area contributed by atoms with Crippen LogP contribution in [0.3, 0.4) is 0 Å². The van der Waals surface area contributed by atoms with Crippen LogP contribution in [0.4, 0.5) is 0 Å². The highest BCUT2D eigenvalue weighted by Crippen LogP contribution is 2.10. The minimum absolute atomic E-state index is 0.136. The monoisotopic (exact) mass is 430 g/mol. The first-order valence-corrected chi connectivity index (χ1v) is 11.2. The first-order chi connectivity index (χ1) is 15.1. The van der Waals surface area contributed by atoms with Gasteiger partial charge in [0.05, 0.1) is 13.1 Å². The van der Waals surface area contributed by atoms with E-state index in [1.165, 1.54) is 12.1 Å². The van der Waals surface area contributed by atoms with Gasteiger partial charge in [-0.1, -0.05) is 0 Å². The summed E-state index contributed by atoms with van der Waals surface area (Å²) < 4.78 is 0. The molecule has 1 aromatic carbocycles. The largest absolute Gasteiger partial charge is 0.508 e. The first-order valence-electron chi connectivity index (χ1n) is 11.2. The maximum absolute atomic E-state index is 12.4. The van der Waals surface area contributed by atoms with E-state index < -0.39 is 0 Å². The van der Waals surface area contributed by atoms with Crippen molar-refractivity contribution in [3.63, 3.8) is 0 Å². The maximum Gasteiger partial charge on any atom is 0.251 e. The predicted octanol–water partition coefficient (Wildman–Crippen LogP) is 0.328. The standard InChI is InChI=1S/C22H34N6O3/c1-2-23-22(25-10-9-24-21(31)18-5-7-19(29)8-6-18)28-15-13-26(14-16-28)17-20(30)27-11-3-4-12-27/h5-8,29H,2-4,9-17H2,1H3,(H,23,25)(H,24,31). The lowest BCUT2D eigenvalue weighted by molar-refractivity contribution is -0.131. The number of nitrogens with zero attached hydrogens (tertiary/aromatic N) is 4. The average molecular weight is 431 g/mol. The van der Waals surface area contributed by atoms with Crippen LogP contribution in [0.25, 0.3) is 0 Å². The topological polar surface area (TPSA) is 101 Å². The van der Waals surface area contributed by atoms with E-state index in [2.05, 4.69) is 25.4 Å². The van der Waals surface area contributed by atoms with Crippen molar-refractivity contribution in [3.8, 4) is 5.75 Å². The molecule has 9 nitrogen and oxygen atoms in total. The highest BCUT2D eigenvalue weighted by molar-refractivity contribution is 5.94. The van der Waals surface area contributed by atoms with Gasteiger partial charge < -0.3 is 25.5 Å². The summed E-state index contributed by atoms with van der Waals surface area (Å²) in [5, 5.41) is 15.5. The second-order valence-electron chi connectivity index (χ2n) is 7.89. The number of nitrogens with one attached hydrogen (secondary N) is 2. The summed E-state index contributed by atoms with van der Waals surface area (Å²) in [7, 11) is 0. The number of benzene rings is 1. The number of aromatic hydroxyl groups is 1. The number of guanidine groups is 1. The van der Waals surface area contributed by atoms with Gasteiger partial charge >= 0.3 is 0 Å². The molecule has 0 radical (unpaired) electrons. The van der Waals surface area contributed by atoms with E-state index in [-0.39, 0.29) is 17.6 Å². The first kappa shape index (κ1) is 22.9. The number of carbonyl (C=O) groups excluding carboxylic acids is 2. The third-order valence-corrected chi connectivity index (χ3v) is 5.61. The lowest BCUT2D eigenvalue weighted by atomic mass is 10.2. The number of phenolic OH excluding ortho intramolecular Hbond substituents is 1. The Bertz CT molecular complexity index is 753. The van der Waals surface area contributed by atoms with E-state index in [9.17, 15) is 14.7 Å². The molecule has 2 aliphatic heterocycles. The zero-order valence-corrected chi connectivity index (χ0v) is 18.3. The van der Waals surface area contributed by atoms with Gasteiger partial charge in [-0.15, -0.1) is 0 Å². The molecule has 0 saturated carbocycles. The number of aliphatic imine (C=N–C) groups is 1. The Kier molecular flexibility index (Phi) is 8.52. The summed E-state index contributed by atoms with van der Waals surface area (Å²) in [5.74, 6) is 1.04. The molecule has 0 bridgehead atoms. The van der Waals surface area contributed by atoms with Crippen molar-refractivity contribution >= 4 is 17.8 Å². The number of amides is 2. The van der Waals surface area contributed by atoms with Crippen molar-refractivity contribution in [1.82, 2.24) is 25.3 Å². The third-order valence-electron chi connectivity index (χ3n) is 5.61. The van der Waals surface area contributed by atoms with Crippen LogP contribution < -0.4 is 10.6 Å². The number of rotatable bonds is 7. The molecule has 170 valence electrons. The predicted molar refractivity (Wildman–Crippen MR) is 120 cm³/mol. The summed E-state index contributed by atoms with van der Waals surface area (Å²) in [5.41, 5.74) is 0.508. The fraction of sp³-hybridized carbons (Fsp3) is 0.591. The van der Waals surface area contributed by atoms with E-state index in [1.54, 1.807) is 12.1 Å². The lowest BCUT2D eigenvalue weighted by Gasteiger charge is -2.36. The number of likely N-dealkylation sites (tertiary alicyclic amines) is 1. The Balaban J connectivity index is 1.42. The molecule has 0 spiro atoms. The Labute approximate surface area is 184 Å². The molecule has 2 amide bonds. The molecule has 2 fully saturated rings. The van der Waals surface area contributed by atoms with Crippen LogP contribution in [0.5, 0.6) is 5.75 Å². The molecule has 0 atom stereocenters. The quantitative estimate of drug-likeness (QED) is 0.327. The van der Waals surface area contributed by atoms with Crippen LogP contribution in [0.2, 0.25) is 0 Å². The number of hydrogen-bond acceptors (Lipinski definition) is 5. The van der Waals surface area contributed by atoms with Gasteiger partial charge in [0, 0.05) is 57.9 Å². The van der Waals surface area contributed by atoms with E-state index in [1.807, 2.05) is 11.8 Å². The summed E-state index contributed by atoms with van der Waals surface area (Å²) in [6.07, 6.45) is 2.24. The summed E-state index contributed by atoms with van der Waals surface area (Å²) in [6.45, 7) is 9.32.